The summed E-state index contributed by atoms with van der Waals surface area (Å²) in [5.74, 6) is 0.681. The van der Waals surface area contributed by atoms with E-state index < -0.39 is 10.0 Å². The fourth-order valence-electron chi connectivity index (χ4n) is 3.73. The molecule has 2 fully saturated rings. The predicted octanol–water partition coefficient (Wildman–Crippen LogP) is 1.34. The van der Waals surface area contributed by atoms with Gasteiger partial charge in [0.1, 0.15) is 0 Å². The Bertz CT molecular complexity index is 644. The molecule has 2 saturated heterocycles. The summed E-state index contributed by atoms with van der Waals surface area (Å²) in [7, 11) is -0.946. The summed E-state index contributed by atoms with van der Waals surface area (Å²) >= 11 is 0. The molecule has 134 valence electrons. The zero-order valence-electron chi connectivity index (χ0n) is 14.5. The zero-order valence-corrected chi connectivity index (χ0v) is 15.3. The average molecular weight is 353 g/mol. The van der Waals surface area contributed by atoms with E-state index in [9.17, 15) is 8.42 Å². The number of rotatable bonds is 6. The molecule has 24 heavy (non-hydrogen) atoms. The second kappa shape index (κ2) is 7.07. The number of hydrogen-bond donors (Lipinski definition) is 0. The Morgan fingerprint density at radius 3 is 2.71 bits per heavy atom. The van der Waals surface area contributed by atoms with Gasteiger partial charge in [0.2, 0.25) is 10.0 Å². The SMILES string of the molecule is CCS(=O)(=O)N1CC2(C[C@H](COCc3ccncc3)CCN2C)C1. The van der Waals surface area contributed by atoms with E-state index in [4.69, 9.17) is 4.74 Å². The molecule has 1 aromatic heterocycles. The molecule has 1 atom stereocenters. The number of pyridine rings is 1. The number of hydrogen-bond acceptors (Lipinski definition) is 5. The van der Waals surface area contributed by atoms with Crippen LogP contribution in [-0.4, -0.2) is 67.2 Å². The minimum absolute atomic E-state index is 0.00514. The lowest BCUT2D eigenvalue weighted by Gasteiger charge is -2.57. The highest BCUT2D eigenvalue weighted by atomic mass is 32.2. The number of piperidine rings is 1. The summed E-state index contributed by atoms with van der Waals surface area (Å²) < 4.78 is 31.5. The molecule has 2 aliphatic rings. The number of aromatic nitrogens is 1. The molecule has 0 bridgehead atoms. The lowest BCUT2D eigenvalue weighted by molar-refractivity contribution is -0.0599. The molecule has 0 unspecified atom stereocenters. The number of likely N-dealkylation sites (N-methyl/N-ethyl adjacent to an activating group) is 1. The van der Waals surface area contributed by atoms with Gasteiger partial charge >= 0.3 is 0 Å². The molecule has 0 saturated carbocycles. The van der Waals surface area contributed by atoms with Crippen LogP contribution in [0, 0.1) is 5.92 Å². The minimum atomic E-state index is -3.06. The van der Waals surface area contributed by atoms with Gasteiger partial charge in [-0.05, 0) is 57.0 Å². The van der Waals surface area contributed by atoms with Crippen LogP contribution in [0.15, 0.2) is 24.5 Å². The van der Waals surface area contributed by atoms with E-state index in [-0.39, 0.29) is 11.3 Å². The van der Waals surface area contributed by atoms with E-state index in [1.165, 1.54) is 0 Å². The third-order valence-corrected chi connectivity index (χ3v) is 7.20. The van der Waals surface area contributed by atoms with Crippen molar-refractivity contribution in [2.45, 2.75) is 31.9 Å². The van der Waals surface area contributed by atoms with Gasteiger partial charge in [-0.25, -0.2) is 8.42 Å². The first-order valence-electron chi connectivity index (χ1n) is 8.61. The second-order valence-electron chi connectivity index (χ2n) is 7.04. The van der Waals surface area contributed by atoms with Crippen LogP contribution in [0.3, 0.4) is 0 Å². The van der Waals surface area contributed by atoms with Crippen molar-refractivity contribution in [2.75, 3.05) is 39.0 Å². The van der Waals surface area contributed by atoms with Crippen LogP contribution in [0.1, 0.15) is 25.3 Å². The predicted molar refractivity (Wildman–Crippen MR) is 93.0 cm³/mol. The summed E-state index contributed by atoms with van der Waals surface area (Å²) in [6.07, 6.45) is 5.67. The van der Waals surface area contributed by atoms with Crippen molar-refractivity contribution in [3.8, 4) is 0 Å². The monoisotopic (exact) mass is 353 g/mol. The molecule has 3 heterocycles. The summed E-state index contributed by atoms with van der Waals surface area (Å²) in [5.41, 5.74) is 1.14. The van der Waals surface area contributed by atoms with Gasteiger partial charge < -0.3 is 4.74 Å². The Morgan fingerprint density at radius 1 is 1.33 bits per heavy atom. The van der Waals surface area contributed by atoms with Crippen molar-refractivity contribution in [1.29, 1.82) is 0 Å². The third kappa shape index (κ3) is 3.64. The van der Waals surface area contributed by atoms with Crippen molar-refractivity contribution in [3.63, 3.8) is 0 Å². The lowest BCUT2D eigenvalue weighted by Crippen LogP contribution is -2.72. The fourth-order valence-corrected chi connectivity index (χ4v) is 4.97. The Morgan fingerprint density at radius 2 is 2.04 bits per heavy atom. The van der Waals surface area contributed by atoms with E-state index in [1.54, 1.807) is 23.6 Å². The van der Waals surface area contributed by atoms with E-state index in [2.05, 4.69) is 16.9 Å². The molecule has 2 aliphatic heterocycles. The van der Waals surface area contributed by atoms with E-state index in [1.807, 2.05) is 12.1 Å². The van der Waals surface area contributed by atoms with E-state index in [0.29, 0.717) is 25.6 Å². The highest BCUT2D eigenvalue weighted by molar-refractivity contribution is 7.89. The molecular weight excluding hydrogens is 326 g/mol. The smallest absolute Gasteiger partial charge is 0.213 e. The molecule has 6 nitrogen and oxygen atoms in total. The van der Waals surface area contributed by atoms with Gasteiger partial charge in [-0.1, -0.05) is 0 Å². The van der Waals surface area contributed by atoms with Crippen LogP contribution in [0.4, 0.5) is 0 Å². The number of likely N-dealkylation sites (tertiary alicyclic amines) is 1. The Hall–Kier alpha value is -1.02. The molecule has 1 aromatic rings. The van der Waals surface area contributed by atoms with Gasteiger partial charge in [-0.2, -0.15) is 4.31 Å². The van der Waals surface area contributed by atoms with Crippen LogP contribution in [0.5, 0.6) is 0 Å². The highest BCUT2D eigenvalue weighted by Crippen LogP contribution is 2.39. The first kappa shape index (κ1) is 17.8. The van der Waals surface area contributed by atoms with Crippen LogP contribution in [0.25, 0.3) is 0 Å². The van der Waals surface area contributed by atoms with Gasteiger partial charge in [0.05, 0.1) is 12.4 Å². The molecular formula is C17H27N3O3S. The zero-order chi connectivity index (χ0) is 17.2. The molecule has 0 radical (unpaired) electrons. The molecule has 3 rings (SSSR count). The average Bonchev–Trinajstić information content (AvgIpc) is 2.55. The van der Waals surface area contributed by atoms with Gasteiger partial charge in [0.25, 0.3) is 0 Å². The standard InChI is InChI=1S/C17H27N3O3S/c1-3-24(21,22)20-13-17(14-20)10-16(6-9-19(17)2)12-23-11-15-4-7-18-8-5-15/h4-5,7-8,16H,3,6,9-14H2,1-2H3/t16-/m1/s1. The largest absolute Gasteiger partial charge is 0.376 e. The van der Waals surface area contributed by atoms with Crippen molar-refractivity contribution in [3.05, 3.63) is 30.1 Å². The van der Waals surface area contributed by atoms with Crippen LogP contribution in [0.2, 0.25) is 0 Å². The summed E-state index contributed by atoms with van der Waals surface area (Å²) in [5, 5.41) is 0. The number of sulfonamides is 1. The maximum atomic E-state index is 12.0. The molecule has 0 aromatic carbocycles. The Labute approximate surface area is 144 Å². The van der Waals surface area contributed by atoms with Gasteiger partial charge in [0.15, 0.2) is 0 Å². The van der Waals surface area contributed by atoms with Crippen molar-refractivity contribution in [1.82, 2.24) is 14.2 Å². The van der Waals surface area contributed by atoms with E-state index in [0.717, 1.165) is 31.6 Å². The minimum Gasteiger partial charge on any atom is -0.376 e. The Kier molecular flexibility index (Phi) is 5.24. The number of nitrogens with zero attached hydrogens (tertiary/aromatic N) is 3. The highest BCUT2D eigenvalue weighted by Gasteiger charge is 2.52. The lowest BCUT2D eigenvalue weighted by atomic mass is 9.77. The second-order valence-corrected chi connectivity index (χ2v) is 9.30. The normalized spacial score (nSPS) is 24.8. The molecule has 7 heteroatoms. The molecule has 1 spiro atoms. The summed E-state index contributed by atoms with van der Waals surface area (Å²) in [6.45, 7) is 5.31. The molecule has 0 N–H and O–H groups in total. The topological polar surface area (TPSA) is 62.7 Å². The molecule has 0 amide bonds. The van der Waals surface area contributed by atoms with Crippen LogP contribution >= 0.6 is 0 Å². The van der Waals surface area contributed by atoms with Gasteiger partial charge in [0, 0.05) is 37.6 Å². The van der Waals surface area contributed by atoms with E-state index >= 15 is 0 Å². The first-order valence-corrected chi connectivity index (χ1v) is 10.2. The Balaban J connectivity index is 1.51. The maximum absolute atomic E-state index is 12.0. The van der Waals surface area contributed by atoms with Gasteiger partial charge in [-0.3, -0.25) is 9.88 Å². The van der Waals surface area contributed by atoms with Crippen molar-refractivity contribution in [2.24, 2.45) is 5.92 Å². The maximum Gasteiger partial charge on any atom is 0.213 e. The fraction of sp³-hybridized carbons (Fsp3) is 0.706. The summed E-state index contributed by atoms with van der Waals surface area (Å²) in [4.78, 5) is 6.35. The first-order chi connectivity index (χ1) is 11.5. The van der Waals surface area contributed by atoms with Crippen LogP contribution < -0.4 is 0 Å². The summed E-state index contributed by atoms with van der Waals surface area (Å²) in [6, 6.07) is 3.94. The van der Waals surface area contributed by atoms with Gasteiger partial charge in [-0.15, -0.1) is 0 Å². The quantitative estimate of drug-likeness (QED) is 0.772. The van der Waals surface area contributed by atoms with Crippen LogP contribution in [-0.2, 0) is 21.4 Å². The van der Waals surface area contributed by atoms with Crippen molar-refractivity contribution >= 4 is 10.0 Å². The molecule has 0 aliphatic carbocycles. The van der Waals surface area contributed by atoms with Crippen molar-refractivity contribution < 1.29 is 13.2 Å². The number of ether oxygens (including phenoxy) is 1. The third-order valence-electron chi connectivity index (χ3n) is 5.42.